The van der Waals surface area contributed by atoms with Crippen LogP contribution in [-0.2, 0) is 4.79 Å². The predicted molar refractivity (Wildman–Crippen MR) is 79.1 cm³/mol. The quantitative estimate of drug-likeness (QED) is 0.618. The molecule has 1 saturated heterocycles. The van der Waals surface area contributed by atoms with E-state index in [1.165, 1.54) is 5.56 Å². The van der Waals surface area contributed by atoms with E-state index >= 15 is 0 Å². The molecule has 20 heavy (non-hydrogen) atoms. The van der Waals surface area contributed by atoms with Gasteiger partial charge in [-0.3, -0.25) is 14.5 Å². The highest BCUT2D eigenvalue weighted by atomic mass is 16.1. The highest BCUT2D eigenvalue weighted by Gasteiger charge is 2.20. The van der Waals surface area contributed by atoms with Gasteiger partial charge < -0.3 is 4.90 Å². The van der Waals surface area contributed by atoms with Crippen LogP contribution >= 0.6 is 0 Å². The largest absolute Gasteiger partial charge is 0.343 e. The van der Waals surface area contributed by atoms with Crippen molar-refractivity contribution >= 4 is 12.2 Å². The van der Waals surface area contributed by atoms with E-state index in [0.717, 1.165) is 36.2 Å². The monoisotopic (exact) mass is 274 g/mol. The minimum atomic E-state index is 0.180. The third-order valence-electron chi connectivity index (χ3n) is 3.88. The van der Waals surface area contributed by atoms with Crippen molar-refractivity contribution in [2.45, 2.75) is 20.8 Å². The van der Waals surface area contributed by atoms with E-state index in [4.69, 9.17) is 0 Å². The summed E-state index contributed by atoms with van der Waals surface area (Å²) in [4.78, 5) is 27.0. The number of ketones is 1. The lowest BCUT2D eigenvalue weighted by Crippen LogP contribution is -2.47. The summed E-state index contributed by atoms with van der Waals surface area (Å²) in [5.74, 6) is 0.180. The van der Waals surface area contributed by atoms with Crippen molar-refractivity contribution in [1.82, 2.24) is 9.80 Å². The third-order valence-corrected chi connectivity index (χ3v) is 3.88. The molecule has 4 heteroatoms. The minimum Gasteiger partial charge on any atom is -0.343 e. The number of aryl methyl sites for hydroxylation is 3. The molecule has 4 nitrogen and oxygen atoms in total. The standard InChI is InChI=1S/C16H22N2O2/c1-12-8-13(2)16(14(3)9-12)15(20)10-17-4-6-18(11-19)7-5-17/h8-9,11H,4-7,10H2,1-3H3. The van der Waals surface area contributed by atoms with Crippen LogP contribution in [0, 0.1) is 20.8 Å². The summed E-state index contributed by atoms with van der Waals surface area (Å²) in [6, 6.07) is 4.12. The lowest BCUT2D eigenvalue weighted by Gasteiger charge is -2.32. The number of hydrogen-bond acceptors (Lipinski definition) is 3. The van der Waals surface area contributed by atoms with Gasteiger partial charge in [-0.15, -0.1) is 0 Å². The summed E-state index contributed by atoms with van der Waals surface area (Å²) >= 11 is 0. The van der Waals surface area contributed by atoms with Gasteiger partial charge in [0.15, 0.2) is 5.78 Å². The first-order valence-corrected chi connectivity index (χ1v) is 7.04. The Bertz CT molecular complexity index is 494. The van der Waals surface area contributed by atoms with Crippen LogP contribution in [0.4, 0.5) is 0 Å². The molecule has 0 atom stereocenters. The average molecular weight is 274 g/mol. The van der Waals surface area contributed by atoms with Crippen molar-refractivity contribution in [3.8, 4) is 0 Å². The number of amides is 1. The molecule has 1 aliphatic rings. The molecule has 0 aromatic heterocycles. The number of rotatable bonds is 4. The van der Waals surface area contributed by atoms with Gasteiger partial charge in [-0.2, -0.15) is 0 Å². The van der Waals surface area contributed by atoms with Gasteiger partial charge in [-0.25, -0.2) is 0 Å². The van der Waals surface area contributed by atoms with Crippen molar-refractivity contribution in [3.05, 3.63) is 34.4 Å². The molecule has 1 heterocycles. The van der Waals surface area contributed by atoms with Gasteiger partial charge in [0, 0.05) is 31.7 Å². The second-order valence-corrected chi connectivity index (χ2v) is 5.61. The van der Waals surface area contributed by atoms with Crippen LogP contribution in [-0.4, -0.2) is 54.7 Å². The van der Waals surface area contributed by atoms with Crippen LogP contribution in [0.1, 0.15) is 27.0 Å². The Labute approximate surface area is 120 Å². The molecule has 1 amide bonds. The molecule has 0 saturated carbocycles. The van der Waals surface area contributed by atoms with Gasteiger partial charge >= 0.3 is 0 Å². The molecule has 0 unspecified atom stereocenters. The molecule has 1 aliphatic heterocycles. The predicted octanol–water partition coefficient (Wildman–Crippen LogP) is 1.57. The fraction of sp³-hybridized carbons (Fsp3) is 0.500. The van der Waals surface area contributed by atoms with E-state index in [1.54, 1.807) is 4.90 Å². The van der Waals surface area contributed by atoms with Crippen LogP contribution < -0.4 is 0 Å². The van der Waals surface area contributed by atoms with Gasteiger partial charge in [0.2, 0.25) is 6.41 Å². The minimum absolute atomic E-state index is 0.180. The number of carbonyl (C=O) groups excluding carboxylic acids is 2. The second kappa shape index (κ2) is 6.18. The van der Waals surface area contributed by atoms with Gasteiger partial charge in [-0.1, -0.05) is 17.7 Å². The first-order valence-electron chi connectivity index (χ1n) is 7.04. The number of hydrogen-bond donors (Lipinski definition) is 0. The molecule has 0 bridgehead atoms. The van der Waals surface area contributed by atoms with E-state index in [-0.39, 0.29) is 5.78 Å². The van der Waals surface area contributed by atoms with Crippen LogP contribution in [0.15, 0.2) is 12.1 Å². The molecule has 0 N–H and O–H groups in total. The van der Waals surface area contributed by atoms with E-state index in [2.05, 4.69) is 17.0 Å². The van der Waals surface area contributed by atoms with E-state index < -0.39 is 0 Å². The van der Waals surface area contributed by atoms with Crippen molar-refractivity contribution in [2.24, 2.45) is 0 Å². The number of piperazine rings is 1. The van der Waals surface area contributed by atoms with Crippen molar-refractivity contribution in [2.75, 3.05) is 32.7 Å². The van der Waals surface area contributed by atoms with E-state index in [1.807, 2.05) is 20.8 Å². The van der Waals surface area contributed by atoms with E-state index in [0.29, 0.717) is 19.6 Å². The lowest BCUT2D eigenvalue weighted by atomic mass is 9.96. The van der Waals surface area contributed by atoms with Gasteiger partial charge in [-0.05, 0) is 31.9 Å². The van der Waals surface area contributed by atoms with Crippen LogP contribution in [0.2, 0.25) is 0 Å². The summed E-state index contributed by atoms with van der Waals surface area (Å²) in [5.41, 5.74) is 4.16. The topological polar surface area (TPSA) is 40.6 Å². The Kier molecular flexibility index (Phi) is 4.55. The molecule has 0 spiro atoms. The zero-order chi connectivity index (χ0) is 14.7. The van der Waals surface area contributed by atoms with Crippen LogP contribution in [0.5, 0.6) is 0 Å². The van der Waals surface area contributed by atoms with Crippen molar-refractivity contribution < 1.29 is 9.59 Å². The molecule has 1 aromatic carbocycles. The van der Waals surface area contributed by atoms with Crippen LogP contribution in [0.25, 0.3) is 0 Å². The Hall–Kier alpha value is -1.68. The molecule has 1 aromatic rings. The number of carbonyl (C=O) groups is 2. The molecular weight excluding hydrogens is 252 g/mol. The lowest BCUT2D eigenvalue weighted by molar-refractivity contribution is -0.119. The molecule has 1 fully saturated rings. The zero-order valence-corrected chi connectivity index (χ0v) is 12.5. The molecule has 2 rings (SSSR count). The molecule has 0 aliphatic carbocycles. The number of Topliss-reactive ketones (excluding diaryl/α,β-unsaturated/α-hetero) is 1. The fourth-order valence-electron chi connectivity index (χ4n) is 2.93. The van der Waals surface area contributed by atoms with Gasteiger partial charge in [0.1, 0.15) is 0 Å². The van der Waals surface area contributed by atoms with Crippen LogP contribution in [0.3, 0.4) is 0 Å². The molecule has 108 valence electrons. The van der Waals surface area contributed by atoms with Crippen molar-refractivity contribution in [3.63, 3.8) is 0 Å². The number of nitrogens with zero attached hydrogens (tertiary/aromatic N) is 2. The summed E-state index contributed by atoms with van der Waals surface area (Å²) in [6.45, 7) is 9.45. The summed E-state index contributed by atoms with van der Waals surface area (Å²) < 4.78 is 0. The average Bonchev–Trinajstić information content (AvgIpc) is 2.38. The highest BCUT2D eigenvalue weighted by Crippen LogP contribution is 2.17. The number of benzene rings is 1. The zero-order valence-electron chi connectivity index (χ0n) is 12.5. The van der Waals surface area contributed by atoms with E-state index in [9.17, 15) is 9.59 Å². The maximum Gasteiger partial charge on any atom is 0.209 e. The highest BCUT2D eigenvalue weighted by molar-refractivity contribution is 6.00. The normalized spacial score (nSPS) is 16.2. The van der Waals surface area contributed by atoms with Crippen molar-refractivity contribution in [1.29, 1.82) is 0 Å². The molecular formula is C16H22N2O2. The Morgan fingerprint density at radius 1 is 1.10 bits per heavy atom. The Morgan fingerprint density at radius 2 is 1.65 bits per heavy atom. The summed E-state index contributed by atoms with van der Waals surface area (Å²) in [5, 5.41) is 0. The maximum absolute atomic E-state index is 12.5. The van der Waals surface area contributed by atoms with Gasteiger partial charge in [0.25, 0.3) is 0 Å². The maximum atomic E-state index is 12.5. The first-order chi connectivity index (χ1) is 9.51. The fourth-order valence-corrected chi connectivity index (χ4v) is 2.93. The second-order valence-electron chi connectivity index (χ2n) is 5.61. The SMILES string of the molecule is Cc1cc(C)c(C(=O)CN2CCN(C=O)CC2)c(C)c1. The summed E-state index contributed by atoms with van der Waals surface area (Å²) in [7, 11) is 0. The summed E-state index contributed by atoms with van der Waals surface area (Å²) in [6.07, 6.45) is 0.882. The Morgan fingerprint density at radius 3 is 2.15 bits per heavy atom. The first kappa shape index (κ1) is 14.7. The Balaban J connectivity index is 2.04. The third kappa shape index (κ3) is 3.25. The van der Waals surface area contributed by atoms with Gasteiger partial charge in [0.05, 0.1) is 6.54 Å². The smallest absolute Gasteiger partial charge is 0.209 e. The molecule has 0 radical (unpaired) electrons.